The van der Waals surface area contributed by atoms with Crippen LogP contribution in [0.2, 0.25) is 0 Å². The number of rotatable bonds is 11. The molecule has 0 aliphatic carbocycles. The summed E-state index contributed by atoms with van der Waals surface area (Å²) in [4.78, 5) is 12.2. The van der Waals surface area contributed by atoms with Crippen LogP contribution in [0.15, 0.2) is 47.4 Å². The Kier molecular flexibility index (Phi) is 8.68. The first-order valence-electron chi connectivity index (χ1n) is 9.68. The zero-order valence-corrected chi connectivity index (χ0v) is 18.5. The number of sulfone groups is 1. The quantitative estimate of drug-likeness (QED) is 0.384. The minimum Gasteiger partial charge on any atom is -0.488 e. The predicted octanol–water partition coefficient (Wildman–Crippen LogP) is 4.25. The summed E-state index contributed by atoms with van der Waals surface area (Å²) in [5.74, 6) is 0.697. The van der Waals surface area contributed by atoms with Crippen LogP contribution >= 0.6 is 0 Å². The van der Waals surface area contributed by atoms with Gasteiger partial charge in [0.15, 0.2) is 9.84 Å². The number of carbonyl (C=O) groups excluding carboxylic acids is 1. The maximum atomic E-state index is 12.0. The molecule has 0 amide bonds. The smallest absolute Gasteiger partial charge is 0.338 e. The molecule has 0 radical (unpaired) electrons. The van der Waals surface area contributed by atoms with Crippen molar-refractivity contribution < 1.29 is 32.2 Å². The second-order valence-corrected chi connectivity index (χ2v) is 8.90. The lowest BCUT2D eigenvalue weighted by molar-refractivity contribution is 0.0561. The molecule has 30 heavy (non-hydrogen) atoms. The van der Waals surface area contributed by atoms with Crippen LogP contribution in [0.3, 0.4) is 0 Å². The summed E-state index contributed by atoms with van der Waals surface area (Å²) in [6.45, 7) is 5.06. The Morgan fingerprint density at radius 2 is 1.70 bits per heavy atom. The Morgan fingerprint density at radius 1 is 1.03 bits per heavy atom. The molecule has 0 saturated heterocycles. The second-order valence-electron chi connectivity index (χ2n) is 6.89. The van der Waals surface area contributed by atoms with Crippen LogP contribution in [-0.4, -0.2) is 47.1 Å². The van der Waals surface area contributed by atoms with Crippen LogP contribution in [0.1, 0.15) is 37.0 Å². The number of esters is 1. The fourth-order valence-electron chi connectivity index (χ4n) is 2.59. The molecular formula is C22H28O7S. The maximum Gasteiger partial charge on any atom is 0.338 e. The summed E-state index contributed by atoms with van der Waals surface area (Å²) in [6.07, 6.45) is 2.96. The highest BCUT2D eigenvalue weighted by molar-refractivity contribution is 7.90. The minimum absolute atomic E-state index is 0.194. The van der Waals surface area contributed by atoms with Gasteiger partial charge in [-0.15, -0.1) is 0 Å². The van der Waals surface area contributed by atoms with Gasteiger partial charge in [-0.3, -0.25) is 0 Å². The van der Waals surface area contributed by atoms with E-state index < -0.39 is 15.8 Å². The number of unbranched alkanes of at least 4 members (excludes halogenated alkanes) is 1. The van der Waals surface area contributed by atoms with E-state index in [-0.39, 0.29) is 16.6 Å². The first-order chi connectivity index (χ1) is 14.2. The van der Waals surface area contributed by atoms with E-state index in [1.807, 2.05) is 6.92 Å². The summed E-state index contributed by atoms with van der Waals surface area (Å²) in [6, 6.07) is 10.8. The van der Waals surface area contributed by atoms with Crippen molar-refractivity contribution in [3.63, 3.8) is 0 Å². The summed E-state index contributed by atoms with van der Waals surface area (Å²) in [5.41, 5.74) is 0.275. The van der Waals surface area contributed by atoms with E-state index >= 15 is 0 Å². The zero-order chi connectivity index (χ0) is 22.1. The summed E-state index contributed by atoms with van der Waals surface area (Å²) < 4.78 is 45.3. The number of benzene rings is 2. The molecule has 0 aliphatic rings. The molecule has 0 aromatic heterocycles. The van der Waals surface area contributed by atoms with Gasteiger partial charge in [-0.05, 0) is 49.7 Å². The highest BCUT2D eigenvalue weighted by atomic mass is 32.2. The number of hydrogen-bond donors (Lipinski definition) is 0. The molecular weight excluding hydrogens is 408 g/mol. The van der Waals surface area contributed by atoms with E-state index in [1.165, 1.54) is 25.3 Å². The van der Waals surface area contributed by atoms with Crippen molar-refractivity contribution in [1.29, 1.82) is 0 Å². The van der Waals surface area contributed by atoms with Gasteiger partial charge in [0.05, 0.1) is 24.2 Å². The monoisotopic (exact) mass is 436 g/mol. The van der Waals surface area contributed by atoms with Gasteiger partial charge in [-0.2, -0.15) is 0 Å². The van der Waals surface area contributed by atoms with Crippen LogP contribution in [0.25, 0.3) is 0 Å². The van der Waals surface area contributed by atoms with E-state index in [1.54, 1.807) is 24.3 Å². The SMILES string of the molecule is CCCCOC[C@H](C)Oc1cc(Oc2ccc(S(C)(=O)=O)cc2)cc(C(=O)OC)c1. The highest BCUT2D eigenvalue weighted by Gasteiger charge is 2.14. The Morgan fingerprint density at radius 3 is 2.30 bits per heavy atom. The first kappa shape index (κ1) is 23.7. The van der Waals surface area contributed by atoms with Crippen LogP contribution < -0.4 is 9.47 Å². The van der Waals surface area contributed by atoms with E-state index in [0.29, 0.717) is 30.5 Å². The summed E-state index contributed by atoms with van der Waals surface area (Å²) >= 11 is 0. The van der Waals surface area contributed by atoms with E-state index in [9.17, 15) is 13.2 Å². The van der Waals surface area contributed by atoms with Crippen molar-refractivity contribution in [3.05, 3.63) is 48.0 Å². The van der Waals surface area contributed by atoms with Crippen LogP contribution in [0, 0.1) is 0 Å². The normalized spacial score (nSPS) is 12.3. The maximum absolute atomic E-state index is 12.0. The number of hydrogen-bond acceptors (Lipinski definition) is 7. The Bertz CT molecular complexity index is 936. The van der Waals surface area contributed by atoms with E-state index in [4.69, 9.17) is 18.9 Å². The third-order valence-corrected chi connectivity index (χ3v) is 5.25. The van der Waals surface area contributed by atoms with Gasteiger partial charge in [-0.1, -0.05) is 13.3 Å². The Labute approximate surface area is 177 Å². The molecule has 2 aromatic rings. The average Bonchev–Trinajstić information content (AvgIpc) is 2.70. The molecule has 8 heteroatoms. The van der Waals surface area contributed by atoms with Gasteiger partial charge in [0.2, 0.25) is 0 Å². The van der Waals surface area contributed by atoms with Gasteiger partial charge in [-0.25, -0.2) is 13.2 Å². The fourth-order valence-corrected chi connectivity index (χ4v) is 3.22. The molecule has 0 N–H and O–H groups in total. The highest BCUT2D eigenvalue weighted by Crippen LogP contribution is 2.29. The largest absolute Gasteiger partial charge is 0.488 e. The second kappa shape index (κ2) is 11.0. The van der Waals surface area contributed by atoms with Gasteiger partial charge < -0.3 is 18.9 Å². The molecule has 0 unspecified atom stereocenters. The fraction of sp³-hybridized carbons (Fsp3) is 0.409. The molecule has 0 heterocycles. The first-order valence-corrected chi connectivity index (χ1v) is 11.6. The molecule has 1 atom stereocenters. The lowest BCUT2D eigenvalue weighted by atomic mass is 10.2. The lowest BCUT2D eigenvalue weighted by Gasteiger charge is -2.17. The molecule has 0 spiro atoms. The molecule has 0 aliphatic heterocycles. The molecule has 164 valence electrons. The van der Waals surface area contributed by atoms with E-state index in [0.717, 1.165) is 19.1 Å². The molecule has 2 rings (SSSR count). The predicted molar refractivity (Wildman–Crippen MR) is 113 cm³/mol. The zero-order valence-electron chi connectivity index (χ0n) is 17.7. The van der Waals surface area contributed by atoms with Crippen LogP contribution in [0.4, 0.5) is 0 Å². The van der Waals surface area contributed by atoms with Crippen molar-refractivity contribution >= 4 is 15.8 Å². The number of methoxy groups -OCH3 is 1. The van der Waals surface area contributed by atoms with Crippen molar-refractivity contribution in [2.24, 2.45) is 0 Å². The van der Waals surface area contributed by atoms with Crippen LogP contribution in [0.5, 0.6) is 17.2 Å². The number of carbonyl (C=O) groups is 1. The molecule has 7 nitrogen and oxygen atoms in total. The number of ether oxygens (including phenoxy) is 4. The molecule has 2 aromatic carbocycles. The Hall–Kier alpha value is -2.58. The van der Waals surface area contributed by atoms with Gasteiger partial charge in [0.25, 0.3) is 0 Å². The lowest BCUT2D eigenvalue weighted by Crippen LogP contribution is -2.19. The van der Waals surface area contributed by atoms with Crippen molar-refractivity contribution in [1.82, 2.24) is 0 Å². The summed E-state index contributed by atoms with van der Waals surface area (Å²) in [7, 11) is -2.00. The van der Waals surface area contributed by atoms with E-state index in [2.05, 4.69) is 6.92 Å². The Balaban J connectivity index is 2.18. The standard InChI is InChI=1S/C22H28O7S/c1-5-6-11-27-15-16(2)28-19-12-17(22(23)26-3)13-20(14-19)29-18-7-9-21(10-8-18)30(4,24)25/h7-10,12-14,16H,5-6,11,15H2,1-4H3/t16-/m0/s1. The third kappa shape index (κ3) is 7.35. The van der Waals surface area contributed by atoms with Crippen molar-refractivity contribution in [2.45, 2.75) is 37.7 Å². The van der Waals surface area contributed by atoms with Gasteiger partial charge >= 0.3 is 5.97 Å². The van der Waals surface area contributed by atoms with Crippen molar-refractivity contribution in [3.8, 4) is 17.2 Å². The van der Waals surface area contributed by atoms with Crippen molar-refractivity contribution in [2.75, 3.05) is 26.6 Å². The van der Waals surface area contributed by atoms with Gasteiger partial charge in [0.1, 0.15) is 23.4 Å². The topological polar surface area (TPSA) is 88.1 Å². The molecule has 0 saturated carbocycles. The minimum atomic E-state index is -3.29. The van der Waals surface area contributed by atoms with Gasteiger partial charge in [0, 0.05) is 18.9 Å². The summed E-state index contributed by atoms with van der Waals surface area (Å²) in [5, 5.41) is 0. The third-order valence-electron chi connectivity index (χ3n) is 4.12. The molecule has 0 fully saturated rings. The van der Waals surface area contributed by atoms with Crippen LogP contribution in [-0.2, 0) is 19.3 Å². The molecule has 0 bridgehead atoms. The average molecular weight is 437 g/mol.